The van der Waals surface area contributed by atoms with E-state index in [1.54, 1.807) is 0 Å². The highest BCUT2D eigenvalue weighted by molar-refractivity contribution is 8.03. The molecule has 0 atom stereocenters. The number of nitrogens with one attached hydrogen (secondary N) is 1. The number of ether oxygens (including phenoxy) is 2. The van der Waals surface area contributed by atoms with Crippen LogP contribution in [0.4, 0.5) is 0 Å². The smallest absolute Gasteiger partial charge is 0.231 e. The molecule has 0 saturated heterocycles. The van der Waals surface area contributed by atoms with E-state index in [1.165, 1.54) is 11.8 Å². The Morgan fingerprint density at radius 3 is 2.41 bits per heavy atom. The second-order valence-corrected chi connectivity index (χ2v) is 10.1. The summed E-state index contributed by atoms with van der Waals surface area (Å²) < 4.78 is 12.5. The highest BCUT2D eigenvalue weighted by Gasteiger charge is 2.18. The van der Waals surface area contributed by atoms with Gasteiger partial charge in [-0.3, -0.25) is 10.1 Å². The fourth-order valence-electron chi connectivity index (χ4n) is 3.41. The third-order valence-electron chi connectivity index (χ3n) is 6.02. The predicted octanol–water partition coefficient (Wildman–Crippen LogP) is 7.85. The predicted molar refractivity (Wildman–Crippen MR) is 156 cm³/mol. The molecule has 0 aliphatic heterocycles. The van der Waals surface area contributed by atoms with Crippen molar-refractivity contribution in [1.29, 1.82) is 0 Å². The van der Waals surface area contributed by atoms with Crippen LogP contribution in [0.1, 0.15) is 77.5 Å². The number of allylic oxidation sites excluding steroid dienone is 3. The fourth-order valence-corrected chi connectivity index (χ4v) is 4.22. The van der Waals surface area contributed by atoms with Crippen LogP contribution in [0.5, 0.6) is 5.75 Å². The maximum absolute atomic E-state index is 13.2. The van der Waals surface area contributed by atoms with E-state index in [9.17, 15) is 4.79 Å². The van der Waals surface area contributed by atoms with Gasteiger partial charge in [0.05, 0.1) is 23.6 Å². The summed E-state index contributed by atoms with van der Waals surface area (Å²) in [6, 6.07) is 13.9. The number of thioether (sulfide) groups is 1. The lowest BCUT2D eigenvalue weighted by Crippen LogP contribution is -2.27. The zero-order chi connectivity index (χ0) is 27.4. The van der Waals surface area contributed by atoms with Crippen molar-refractivity contribution in [3.63, 3.8) is 0 Å². The topological polar surface area (TPSA) is 73.6 Å². The molecule has 2 aromatic rings. The molecule has 0 heterocycles. The largest absolute Gasteiger partial charge is 0.493 e. The minimum Gasteiger partial charge on any atom is -0.493 e. The summed E-state index contributed by atoms with van der Waals surface area (Å²) in [6.45, 7) is 14.8. The van der Waals surface area contributed by atoms with E-state index in [1.807, 2.05) is 76.2 Å². The number of nitrogens with two attached hydrogens (primary N) is 1. The van der Waals surface area contributed by atoms with Crippen molar-refractivity contribution < 1.29 is 14.3 Å². The molecule has 0 radical (unpaired) electrons. The van der Waals surface area contributed by atoms with Gasteiger partial charge in [0.1, 0.15) is 11.5 Å². The number of aryl methyl sites for hydroxylation is 1. The first-order valence-electron chi connectivity index (χ1n) is 13.0. The molecule has 0 spiro atoms. The van der Waals surface area contributed by atoms with Crippen LogP contribution in [0.2, 0.25) is 0 Å². The van der Waals surface area contributed by atoms with Crippen molar-refractivity contribution in [2.24, 2.45) is 5.73 Å². The maximum Gasteiger partial charge on any atom is 0.231 e. The average molecular weight is 523 g/mol. The zero-order valence-electron chi connectivity index (χ0n) is 23.4. The Bertz CT molecular complexity index is 1160. The van der Waals surface area contributed by atoms with E-state index in [0.29, 0.717) is 18.2 Å². The molecule has 2 aromatic carbocycles. The summed E-state index contributed by atoms with van der Waals surface area (Å²) in [5.41, 5.74) is 11.0. The standard InChI is InChI=1S/C31H42N2O3S/c1-8-18-35-26-15-13-12-14-25(26)30(21(5)9-2)36-31(22(6)10-3)33-29(34)20-24-17-16-23(7)27(19-24)37-28(32)11-4/h11-17,19H,8-10,18,20,32H2,1-7H3,(H,33,34)/b28-11-,30-21-,31-22+. The molecule has 200 valence electrons. The Hall–Kier alpha value is -3.12. The van der Waals surface area contributed by atoms with E-state index in [0.717, 1.165) is 62.8 Å². The lowest BCUT2D eigenvalue weighted by Gasteiger charge is -2.21. The lowest BCUT2D eigenvalue weighted by molar-refractivity contribution is -0.120. The summed E-state index contributed by atoms with van der Waals surface area (Å²) >= 11 is 1.51. The van der Waals surface area contributed by atoms with E-state index in [2.05, 4.69) is 26.1 Å². The van der Waals surface area contributed by atoms with Crippen LogP contribution in [0.25, 0.3) is 5.76 Å². The highest BCUT2D eigenvalue weighted by Crippen LogP contribution is 2.33. The third-order valence-corrected chi connectivity index (χ3v) is 7.15. The van der Waals surface area contributed by atoms with E-state index in [-0.39, 0.29) is 12.3 Å². The number of carbonyl (C=O) groups is 1. The molecule has 0 saturated carbocycles. The number of hydrogen-bond donors (Lipinski definition) is 2. The molecular weight excluding hydrogens is 480 g/mol. The summed E-state index contributed by atoms with van der Waals surface area (Å²) in [5.74, 6) is 1.83. The van der Waals surface area contributed by atoms with Gasteiger partial charge in [0.2, 0.25) is 5.91 Å². The van der Waals surface area contributed by atoms with E-state index < -0.39 is 0 Å². The Labute approximate surface area is 227 Å². The quantitative estimate of drug-likeness (QED) is 0.207. The molecule has 3 N–H and O–H groups in total. The molecule has 2 rings (SSSR count). The Morgan fingerprint density at radius 2 is 1.76 bits per heavy atom. The van der Waals surface area contributed by atoms with Crippen molar-refractivity contribution in [3.05, 3.63) is 87.3 Å². The third kappa shape index (κ3) is 9.04. The van der Waals surface area contributed by atoms with Gasteiger partial charge in [0, 0.05) is 4.90 Å². The van der Waals surface area contributed by atoms with Crippen LogP contribution in [-0.4, -0.2) is 12.5 Å². The molecule has 0 aliphatic rings. The molecular formula is C31H42N2O3S. The van der Waals surface area contributed by atoms with Gasteiger partial charge < -0.3 is 15.2 Å². The molecule has 37 heavy (non-hydrogen) atoms. The Morgan fingerprint density at radius 1 is 1.05 bits per heavy atom. The van der Waals surface area contributed by atoms with Crippen molar-refractivity contribution >= 4 is 23.4 Å². The maximum atomic E-state index is 13.2. The van der Waals surface area contributed by atoms with E-state index >= 15 is 0 Å². The zero-order valence-corrected chi connectivity index (χ0v) is 24.2. The monoisotopic (exact) mass is 522 g/mol. The summed E-state index contributed by atoms with van der Waals surface area (Å²) in [6.07, 6.45) is 4.58. The lowest BCUT2D eigenvalue weighted by atomic mass is 10.1. The van der Waals surface area contributed by atoms with Crippen LogP contribution in [0.15, 0.2) is 75.5 Å². The van der Waals surface area contributed by atoms with Crippen LogP contribution < -0.4 is 15.8 Å². The number of para-hydroxylation sites is 1. The van der Waals surface area contributed by atoms with Crippen LogP contribution >= 0.6 is 11.8 Å². The van der Waals surface area contributed by atoms with Gasteiger partial charge in [-0.15, -0.1) is 0 Å². The van der Waals surface area contributed by atoms with Crippen molar-refractivity contribution in [3.8, 4) is 5.75 Å². The van der Waals surface area contributed by atoms with Gasteiger partial charge in [-0.2, -0.15) is 0 Å². The fraction of sp³-hybridized carbons (Fsp3) is 0.387. The minimum atomic E-state index is -0.134. The van der Waals surface area contributed by atoms with Gasteiger partial charge in [0.25, 0.3) is 0 Å². The number of carbonyl (C=O) groups excluding carboxylic acids is 1. The highest BCUT2D eigenvalue weighted by atomic mass is 32.2. The molecule has 0 aliphatic carbocycles. The van der Waals surface area contributed by atoms with Crippen molar-refractivity contribution in [1.82, 2.24) is 5.32 Å². The normalized spacial score (nSPS) is 13.0. The van der Waals surface area contributed by atoms with Gasteiger partial charge in [0.15, 0.2) is 5.88 Å². The summed E-state index contributed by atoms with van der Waals surface area (Å²) in [5, 5.41) is 3.78. The van der Waals surface area contributed by atoms with E-state index in [4.69, 9.17) is 15.2 Å². The summed E-state index contributed by atoms with van der Waals surface area (Å²) in [4.78, 5) is 14.2. The van der Waals surface area contributed by atoms with Gasteiger partial charge in [-0.25, -0.2) is 0 Å². The number of amides is 1. The first-order valence-corrected chi connectivity index (χ1v) is 13.8. The average Bonchev–Trinajstić information content (AvgIpc) is 2.90. The van der Waals surface area contributed by atoms with Crippen LogP contribution in [-0.2, 0) is 16.0 Å². The minimum absolute atomic E-state index is 0.134. The molecule has 6 heteroatoms. The SMILES string of the molecule is C/C=C(/N)Sc1cc(CC(=O)N/C(O/C(=C(/C)CC)c2ccccc2OCCC)=C(/C)CC)ccc1C. The summed E-state index contributed by atoms with van der Waals surface area (Å²) in [7, 11) is 0. The van der Waals surface area contributed by atoms with Gasteiger partial charge >= 0.3 is 0 Å². The number of rotatable bonds is 13. The molecule has 0 unspecified atom stereocenters. The van der Waals surface area contributed by atoms with Crippen molar-refractivity contribution in [2.45, 2.75) is 79.0 Å². The van der Waals surface area contributed by atoms with Crippen LogP contribution in [0.3, 0.4) is 0 Å². The number of benzene rings is 2. The van der Waals surface area contributed by atoms with Gasteiger partial charge in [-0.05, 0) is 87.4 Å². The first kappa shape index (κ1) is 30.1. The Kier molecular flexibility index (Phi) is 12.4. The molecule has 0 fully saturated rings. The Balaban J connectivity index is 2.32. The second kappa shape index (κ2) is 15.2. The molecule has 5 nitrogen and oxygen atoms in total. The molecule has 1 amide bonds. The van der Waals surface area contributed by atoms with Crippen molar-refractivity contribution in [2.75, 3.05) is 6.61 Å². The van der Waals surface area contributed by atoms with Gasteiger partial charge in [-0.1, -0.05) is 62.9 Å². The first-order chi connectivity index (χ1) is 17.7. The number of hydrogen-bond acceptors (Lipinski definition) is 5. The molecule has 0 aromatic heterocycles. The second-order valence-electron chi connectivity index (χ2n) is 8.99. The van der Waals surface area contributed by atoms with Crippen LogP contribution in [0, 0.1) is 6.92 Å². The molecule has 0 bridgehead atoms.